The molecule has 0 saturated carbocycles. The van der Waals surface area contributed by atoms with Gasteiger partial charge in [-0.25, -0.2) is 0 Å². The van der Waals surface area contributed by atoms with Crippen molar-refractivity contribution in [3.8, 4) is 0 Å². The van der Waals surface area contributed by atoms with Crippen molar-refractivity contribution in [1.29, 1.82) is 0 Å². The van der Waals surface area contributed by atoms with Crippen molar-refractivity contribution in [3.05, 3.63) is 0 Å². The molecule has 47 heavy (non-hydrogen) atoms. The lowest BCUT2D eigenvalue weighted by atomic mass is 9.94. The third kappa shape index (κ3) is 8.04. The standard InChI is InChI=1S/C26H45NO20/c1-6-12(32)15(35)18(38)25(41-6)45-20-10(5-30)44-24(11(14(20)34)27-7(2)31)47-22-13(33)8(3-28)43-26(19(22)39)46-21-9(4-29)42-23(40)17(37)16(21)36/h6,8-26,28-30,32-40H,3-5H2,1-2H3,(H,27,31)/t6-,8-,9-,10-,11-,12+,13+,14-,15+,16-,17-,18-,19-,20-,21-,22+,23-,24+,25-,26+/m1/s1. The average Bonchev–Trinajstić information content (AvgIpc) is 3.04. The van der Waals surface area contributed by atoms with Crippen LogP contribution in [0, 0.1) is 0 Å². The maximum Gasteiger partial charge on any atom is 0.217 e. The zero-order valence-corrected chi connectivity index (χ0v) is 25.3. The van der Waals surface area contributed by atoms with Crippen molar-refractivity contribution >= 4 is 5.91 Å². The Balaban J connectivity index is 1.56. The molecule has 4 rings (SSSR count). The van der Waals surface area contributed by atoms with E-state index >= 15 is 0 Å². The second-order valence-corrected chi connectivity index (χ2v) is 11.9. The molecule has 274 valence electrons. The van der Waals surface area contributed by atoms with Crippen LogP contribution in [-0.4, -0.2) is 210 Å². The van der Waals surface area contributed by atoms with Crippen LogP contribution in [-0.2, 0) is 38.0 Å². The Hall–Kier alpha value is -1.29. The SMILES string of the molecule is CC(=O)N[C@H]1[C@H](O[C@H]2[C@@H](O)[C@@H](CO)O[C@@H](O[C@H]3[C@H](O)[C@@H](O)[C@H](O)O[C@@H]3CO)[C@@H]2O)O[C@H](CO)[C@@H](O[C@H]2O[C@H](C)[C@H](O)[C@H](O)[C@H]2O)[C@@H]1O. The summed E-state index contributed by atoms with van der Waals surface area (Å²) in [6.07, 6.45) is -32.0. The first kappa shape index (κ1) is 38.5. The van der Waals surface area contributed by atoms with Crippen LogP contribution in [0.2, 0.25) is 0 Å². The van der Waals surface area contributed by atoms with Gasteiger partial charge in [0.25, 0.3) is 0 Å². The fraction of sp³-hybridized carbons (Fsp3) is 0.962. The lowest BCUT2D eigenvalue weighted by Crippen LogP contribution is -2.69. The molecule has 0 bridgehead atoms. The Morgan fingerprint density at radius 2 is 1.06 bits per heavy atom. The minimum Gasteiger partial charge on any atom is -0.394 e. The number of carbonyl (C=O) groups is 1. The zero-order valence-electron chi connectivity index (χ0n) is 25.3. The van der Waals surface area contributed by atoms with Gasteiger partial charge >= 0.3 is 0 Å². The van der Waals surface area contributed by atoms with Gasteiger partial charge in [0.05, 0.1) is 25.9 Å². The predicted octanol–water partition coefficient (Wildman–Crippen LogP) is -8.58. The first-order valence-electron chi connectivity index (χ1n) is 15.0. The highest BCUT2D eigenvalue weighted by atomic mass is 16.8. The van der Waals surface area contributed by atoms with Crippen molar-refractivity contribution in [1.82, 2.24) is 5.32 Å². The monoisotopic (exact) mass is 691 g/mol. The molecule has 4 aliphatic heterocycles. The predicted molar refractivity (Wildman–Crippen MR) is 144 cm³/mol. The van der Waals surface area contributed by atoms with E-state index in [1.807, 2.05) is 0 Å². The first-order valence-corrected chi connectivity index (χ1v) is 15.0. The molecule has 0 aromatic carbocycles. The van der Waals surface area contributed by atoms with E-state index in [4.69, 9.17) is 33.2 Å². The lowest BCUT2D eigenvalue weighted by Gasteiger charge is -2.49. The minimum absolute atomic E-state index is 0.724. The highest BCUT2D eigenvalue weighted by Crippen LogP contribution is 2.34. The highest BCUT2D eigenvalue weighted by molar-refractivity contribution is 5.73. The summed E-state index contributed by atoms with van der Waals surface area (Å²) < 4.78 is 38.8. The van der Waals surface area contributed by atoms with E-state index in [2.05, 4.69) is 5.32 Å². The number of ether oxygens (including phenoxy) is 7. The van der Waals surface area contributed by atoms with Crippen molar-refractivity contribution in [2.45, 2.75) is 137 Å². The molecule has 20 atom stereocenters. The maximum atomic E-state index is 12.1. The van der Waals surface area contributed by atoms with E-state index in [1.165, 1.54) is 6.92 Å². The minimum atomic E-state index is -2.00. The van der Waals surface area contributed by atoms with Crippen molar-refractivity contribution in [2.24, 2.45) is 0 Å². The number of nitrogens with one attached hydrogen (secondary N) is 1. The number of amides is 1. The van der Waals surface area contributed by atoms with E-state index in [0.29, 0.717) is 0 Å². The molecule has 21 heteroatoms. The smallest absolute Gasteiger partial charge is 0.217 e. The van der Waals surface area contributed by atoms with Crippen molar-refractivity contribution in [3.63, 3.8) is 0 Å². The second-order valence-electron chi connectivity index (χ2n) is 11.9. The van der Waals surface area contributed by atoms with Gasteiger partial charge in [-0.15, -0.1) is 0 Å². The molecule has 4 fully saturated rings. The summed E-state index contributed by atoms with van der Waals surface area (Å²) in [4.78, 5) is 12.1. The molecule has 4 aliphatic rings. The van der Waals surface area contributed by atoms with Gasteiger partial charge in [-0.2, -0.15) is 0 Å². The molecule has 1 amide bonds. The van der Waals surface area contributed by atoms with Gasteiger partial charge in [0.2, 0.25) is 5.91 Å². The molecule has 0 spiro atoms. The van der Waals surface area contributed by atoms with E-state index < -0.39 is 148 Å². The normalized spacial score (nSPS) is 51.0. The van der Waals surface area contributed by atoms with Gasteiger partial charge < -0.3 is 99.8 Å². The fourth-order valence-corrected chi connectivity index (χ4v) is 5.89. The molecule has 0 unspecified atom stereocenters. The number of hydrogen-bond acceptors (Lipinski definition) is 20. The van der Waals surface area contributed by atoms with Gasteiger partial charge in [0, 0.05) is 6.92 Å². The van der Waals surface area contributed by atoms with E-state index in [9.17, 15) is 66.1 Å². The molecule has 0 aromatic rings. The van der Waals surface area contributed by atoms with Gasteiger partial charge in [-0.1, -0.05) is 0 Å². The van der Waals surface area contributed by atoms with Crippen LogP contribution in [0.15, 0.2) is 0 Å². The summed E-state index contributed by atoms with van der Waals surface area (Å²) >= 11 is 0. The summed E-state index contributed by atoms with van der Waals surface area (Å²) in [6.45, 7) is -0.0908. The second kappa shape index (κ2) is 16.2. The quantitative estimate of drug-likeness (QED) is 0.101. The summed E-state index contributed by atoms with van der Waals surface area (Å²) in [7, 11) is 0. The molecule has 4 heterocycles. The molecular formula is C26H45NO20. The Labute approximate surface area is 267 Å². The van der Waals surface area contributed by atoms with E-state index in [-0.39, 0.29) is 0 Å². The molecular weight excluding hydrogens is 646 g/mol. The Morgan fingerprint density at radius 3 is 1.64 bits per heavy atom. The van der Waals surface area contributed by atoms with Crippen molar-refractivity contribution < 1.29 is 99.2 Å². The number of rotatable bonds is 10. The molecule has 0 radical (unpaired) electrons. The van der Waals surface area contributed by atoms with Gasteiger partial charge in [0.15, 0.2) is 25.2 Å². The summed E-state index contributed by atoms with van der Waals surface area (Å²) in [6, 6.07) is -1.56. The Kier molecular flexibility index (Phi) is 13.2. The molecule has 13 N–H and O–H groups in total. The number of aliphatic hydroxyl groups is 12. The topological polar surface area (TPSA) is 336 Å². The zero-order chi connectivity index (χ0) is 34.9. The lowest BCUT2D eigenvalue weighted by molar-refractivity contribution is -0.379. The molecule has 21 nitrogen and oxygen atoms in total. The summed E-state index contributed by atoms with van der Waals surface area (Å²) in [5.74, 6) is -0.724. The van der Waals surface area contributed by atoms with Crippen molar-refractivity contribution in [2.75, 3.05) is 19.8 Å². The van der Waals surface area contributed by atoms with E-state index in [1.54, 1.807) is 0 Å². The highest BCUT2D eigenvalue weighted by Gasteiger charge is 2.55. The average molecular weight is 692 g/mol. The molecule has 4 saturated heterocycles. The number of aliphatic hydroxyl groups excluding tert-OH is 12. The van der Waals surface area contributed by atoms with Gasteiger partial charge in [0.1, 0.15) is 91.5 Å². The summed E-state index contributed by atoms with van der Waals surface area (Å²) in [5.41, 5.74) is 0. The fourth-order valence-electron chi connectivity index (χ4n) is 5.89. The van der Waals surface area contributed by atoms with Crippen LogP contribution in [0.3, 0.4) is 0 Å². The van der Waals surface area contributed by atoms with E-state index in [0.717, 1.165) is 6.92 Å². The largest absolute Gasteiger partial charge is 0.394 e. The summed E-state index contributed by atoms with van der Waals surface area (Å²) in [5, 5.41) is 126. The Bertz CT molecular complexity index is 1010. The van der Waals surface area contributed by atoms with Gasteiger partial charge in [-0.05, 0) is 6.92 Å². The van der Waals surface area contributed by atoms with Crippen LogP contribution in [0.1, 0.15) is 13.8 Å². The van der Waals surface area contributed by atoms with Gasteiger partial charge in [-0.3, -0.25) is 4.79 Å². The number of carbonyl (C=O) groups excluding carboxylic acids is 1. The first-order chi connectivity index (χ1) is 22.1. The third-order valence-corrected chi connectivity index (χ3v) is 8.57. The molecule has 0 aromatic heterocycles. The Morgan fingerprint density at radius 1 is 0.553 bits per heavy atom. The van der Waals surface area contributed by atoms with Crippen LogP contribution >= 0.6 is 0 Å². The molecule has 0 aliphatic carbocycles. The number of hydrogen-bond donors (Lipinski definition) is 13. The van der Waals surface area contributed by atoms with Crippen LogP contribution in [0.5, 0.6) is 0 Å². The third-order valence-electron chi connectivity index (χ3n) is 8.57. The van der Waals surface area contributed by atoms with Crippen LogP contribution in [0.4, 0.5) is 0 Å². The van der Waals surface area contributed by atoms with Crippen LogP contribution < -0.4 is 5.32 Å². The maximum absolute atomic E-state index is 12.1. The van der Waals surface area contributed by atoms with Crippen LogP contribution in [0.25, 0.3) is 0 Å².